The lowest BCUT2D eigenvalue weighted by atomic mass is 9.97. The third-order valence-corrected chi connectivity index (χ3v) is 7.34. The Hall–Kier alpha value is -1.85. The van der Waals surface area contributed by atoms with Crippen LogP contribution in [0.25, 0.3) is 0 Å². The van der Waals surface area contributed by atoms with Crippen LogP contribution in [0.3, 0.4) is 0 Å². The zero-order chi connectivity index (χ0) is 29.3. The summed E-state index contributed by atoms with van der Waals surface area (Å²) in [5.74, 6) is 3.18. The number of Topliss-reactive ketones (excluding diaryl/α,β-unsaturated/α-hetero) is 1. The Labute approximate surface area is 245 Å². The van der Waals surface area contributed by atoms with Crippen LogP contribution in [-0.2, 0) is 27.4 Å². The molecule has 4 nitrogen and oxygen atoms in total. The van der Waals surface area contributed by atoms with Gasteiger partial charge in [0.1, 0.15) is 5.78 Å². The van der Waals surface area contributed by atoms with Crippen molar-refractivity contribution in [3.63, 3.8) is 0 Å². The Kier molecular flexibility index (Phi) is 23.9. The summed E-state index contributed by atoms with van der Waals surface area (Å²) in [4.78, 5) is 25.5. The van der Waals surface area contributed by atoms with Crippen LogP contribution in [0.1, 0.15) is 104 Å². The maximum atomic E-state index is 12.0. The van der Waals surface area contributed by atoms with Crippen molar-refractivity contribution < 1.29 is 14.3 Å². The van der Waals surface area contributed by atoms with E-state index in [0.29, 0.717) is 31.8 Å². The number of ketones is 1. The van der Waals surface area contributed by atoms with E-state index in [1.54, 1.807) is 7.11 Å². The van der Waals surface area contributed by atoms with Crippen molar-refractivity contribution in [2.45, 2.75) is 105 Å². The standard InChI is InChI=1S/C19H28O.C15H29NO2S/c1-5-17(13-16(2)3)9-6-7-10-18-11-8-12-19(14-18)15-20-4;1-4-11-16(12-5-2)15(18)10-9-14(17)8-7-13-19-6-3/h6,8-9,11-12,14,17H,2,5,7,10,13,15H2,1,3-4H3;4-13H2,1-3H3/b9-6+;. The second kappa shape index (κ2) is 25.1. The van der Waals surface area contributed by atoms with Gasteiger partial charge in [0.15, 0.2) is 0 Å². The summed E-state index contributed by atoms with van der Waals surface area (Å²) in [6, 6.07) is 8.66. The van der Waals surface area contributed by atoms with Gasteiger partial charge in [-0.1, -0.05) is 69.7 Å². The summed E-state index contributed by atoms with van der Waals surface area (Å²) in [5.41, 5.74) is 3.91. The number of allylic oxidation sites excluding steroid dienone is 3. The lowest BCUT2D eigenvalue weighted by Crippen LogP contribution is -2.32. The van der Waals surface area contributed by atoms with Gasteiger partial charge in [-0.15, -0.1) is 6.58 Å². The summed E-state index contributed by atoms with van der Waals surface area (Å²) in [6.07, 6.45) is 13.5. The van der Waals surface area contributed by atoms with E-state index in [9.17, 15) is 9.59 Å². The first-order chi connectivity index (χ1) is 18.8. The van der Waals surface area contributed by atoms with Gasteiger partial charge in [0.2, 0.25) is 5.91 Å². The van der Waals surface area contributed by atoms with E-state index in [2.05, 4.69) is 77.6 Å². The summed E-state index contributed by atoms with van der Waals surface area (Å²) >= 11 is 1.87. The fourth-order valence-corrected chi connectivity index (χ4v) is 4.96. The van der Waals surface area contributed by atoms with Gasteiger partial charge in [-0.25, -0.2) is 0 Å². The molecule has 1 atom stereocenters. The molecular formula is C34H57NO3S. The molecule has 0 saturated heterocycles. The normalized spacial score (nSPS) is 11.6. The zero-order valence-corrected chi connectivity index (χ0v) is 26.8. The predicted octanol–water partition coefficient (Wildman–Crippen LogP) is 8.83. The molecule has 0 spiro atoms. The molecule has 1 amide bonds. The van der Waals surface area contributed by atoms with Crippen LogP contribution in [-0.4, -0.2) is 48.3 Å². The molecule has 1 aromatic carbocycles. The monoisotopic (exact) mass is 559 g/mol. The third-order valence-electron chi connectivity index (χ3n) is 6.35. The molecule has 0 radical (unpaired) electrons. The van der Waals surface area contributed by atoms with Crippen molar-refractivity contribution >= 4 is 23.5 Å². The van der Waals surface area contributed by atoms with E-state index in [4.69, 9.17) is 4.74 Å². The van der Waals surface area contributed by atoms with Gasteiger partial charge in [-0.2, -0.15) is 11.8 Å². The minimum atomic E-state index is 0.139. The molecule has 0 aliphatic rings. The van der Waals surface area contributed by atoms with Gasteiger partial charge in [0, 0.05) is 39.5 Å². The summed E-state index contributed by atoms with van der Waals surface area (Å²) in [7, 11) is 1.74. The highest BCUT2D eigenvalue weighted by atomic mass is 32.2. The molecule has 0 heterocycles. The number of aryl methyl sites for hydroxylation is 1. The molecule has 222 valence electrons. The van der Waals surface area contributed by atoms with Crippen molar-refractivity contribution in [3.8, 4) is 0 Å². The first-order valence-electron chi connectivity index (χ1n) is 15.1. The Balaban J connectivity index is 0.000000742. The Morgan fingerprint density at radius 2 is 1.74 bits per heavy atom. The maximum absolute atomic E-state index is 12.0. The van der Waals surface area contributed by atoms with Crippen molar-refractivity contribution in [3.05, 3.63) is 59.7 Å². The van der Waals surface area contributed by atoms with Crippen LogP contribution < -0.4 is 0 Å². The molecule has 1 rings (SSSR count). The highest BCUT2D eigenvalue weighted by molar-refractivity contribution is 7.99. The summed E-state index contributed by atoms with van der Waals surface area (Å²) < 4.78 is 5.17. The summed E-state index contributed by atoms with van der Waals surface area (Å²) in [6.45, 7) is 17.0. The molecule has 0 aliphatic heterocycles. The van der Waals surface area contributed by atoms with E-state index < -0.39 is 0 Å². The Morgan fingerprint density at radius 3 is 2.33 bits per heavy atom. The number of hydrogen-bond acceptors (Lipinski definition) is 4. The van der Waals surface area contributed by atoms with Gasteiger partial charge in [-0.3, -0.25) is 9.59 Å². The predicted molar refractivity (Wildman–Crippen MR) is 171 cm³/mol. The average Bonchev–Trinajstić information content (AvgIpc) is 2.92. The van der Waals surface area contributed by atoms with Gasteiger partial charge in [0.05, 0.1) is 6.61 Å². The molecule has 1 unspecified atom stereocenters. The third kappa shape index (κ3) is 20.7. The number of rotatable bonds is 21. The van der Waals surface area contributed by atoms with Crippen LogP contribution >= 0.6 is 11.8 Å². The van der Waals surface area contributed by atoms with Crippen molar-refractivity contribution in [2.24, 2.45) is 5.92 Å². The van der Waals surface area contributed by atoms with Gasteiger partial charge >= 0.3 is 0 Å². The largest absolute Gasteiger partial charge is 0.380 e. The molecule has 39 heavy (non-hydrogen) atoms. The number of carbonyl (C=O) groups is 2. The number of ether oxygens (including phenoxy) is 1. The molecule has 0 aliphatic carbocycles. The highest BCUT2D eigenvalue weighted by Gasteiger charge is 2.13. The molecule has 1 aromatic rings. The number of amides is 1. The number of hydrogen-bond donors (Lipinski definition) is 0. The number of benzene rings is 1. The Morgan fingerprint density at radius 1 is 1.05 bits per heavy atom. The fraction of sp³-hybridized carbons (Fsp3) is 0.647. The van der Waals surface area contributed by atoms with E-state index in [1.807, 2.05) is 16.7 Å². The van der Waals surface area contributed by atoms with Crippen molar-refractivity contribution in [1.82, 2.24) is 4.90 Å². The lowest BCUT2D eigenvalue weighted by Gasteiger charge is -2.21. The van der Waals surface area contributed by atoms with Crippen molar-refractivity contribution in [1.29, 1.82) is 0 Å². The second-order valence-corrected chi connectivity index (χ2v) is 11.7. The van der Waals surface area contributed by atoms with Crippen LogP contribution in [0, 0.1) is 5.92 Å². The highest BCUT2D eigenvalue weighted by Crippen LogP contribution is 2.16. The zero-order valence-electron chi connectivity index (χ0n) is 25.9. The first kappa shape index (κ1) is 37.1. The average molecular weight is 560 g/mol. The van der Waals surface area contributed by atoms with E-state index >= 15 is 0 Å². The lowest BCUT2D eigenvalue weighted by molar-refractivity contribution is -0.133. The van der Waals surface area contributed by atoms with Crippen molar-refractivity contribution in [2.75, 3.05) is 31.7 Å². The molecule has 0 saturated carbocycles. The van der Waals surface area contributed by atoms with Gasteiger partial charge in [-0.05, 0) is 80.4 Å². The maximum Gasteiger partial charge on any atom is 0.223 e. The molecular weight excluding hydrogens is 502 g/mol. The van der Waals surface area contributed by atoms with E-state index in [1.165, 1.54) is 23.1 Å². The topological polar surface area (TPSA) is 46.6 Å². The van der Waals surface area contributed by atoms with Crippen LogP contribution in [0.2, 0.25) is 0 Å². The second-order valence-electron chi connectivity index (χ2n) is 10.3. The number of nitrogens with zero attached hydrogens (tertiary/aromatic N) is 1. The minimum absolute atomic E-state index is 0.139. The van der Waals surface area contributed by atoms with E-state index in [-0.39, 0.29) is 11.7 Å². The number of thioether (sulfide) groups is 1. The first-order valence-corrected chi connectivity index (χ1v) is 16.2. The summed E-state index contributed by atoms with van der Waals surface area (Å²) in [5, 5.41) is 0. The fourth-order valence-electron chi connectivity index (χ4n) is 4.32. The number of methoxy groups -OCH3 is 1. The van der Waals surface area contributed by atoms with Gasteiger partial charge in [0.25, 0.3) is 0 Å². The molecule has 0 bridgehead atoms. The smallest absolute Gasteiger partial charge is 0.223 e. The molecule has 0 N–H and O–H groups in total. The quantitative estimate of drug-likeness (QED) is 0.111. The molecule has 5 heteroatoms. The van der Waals surface area contributed by atoms with Crippen LogP contribution in [0.15, 0.2) is 48.6 Å². The SMILES string of the molecule is C=C(C)CC(/C=C/CCc1cccc(COC)c1)CC.CCCN(CCC)C(=O)CCC(=O)CCCSCC. The number of carbonyl (C=O) groups excluding carboxylic acids is 2. The molecule has 0 fully saturated rings. The van der Waals surface area contributed by atoms with Gasteiger partial charge < -0.3 is 9.64 Å². The van der Waals surface area contributed by atoms with Crippen LogP contribution in [0.4, 0.5) is 0 Å². The van der Waals surface area contributed by atoms with E-state index in [0.717, 1.165) is 63.1 Å². The molecule has 0 aromatic heterocycles. The Bertz CT molecular complexity index is 814. The van der Waals surface area contributed by atoms with Crippen LogP contribution in [0.5, 0.6) is 0 Å². The minimum Gasteiger partial charge on any atom is -0.380 e.